The number of aromatic nitrogens is 2. The lowest BCUT2D eigenvalue weighted by Gasteiger charge is -2.12. The summed E-state index contributed by atoms with van der Waals surface area (Å²) in [4.78, 5) is 17.1. The first-order chi connectivity index (χ1) is 12.6. The highest BCUT2D eigenvalue weighted by molar-refractivity contribution is 9.10. The van der Waals surface area contributed by atoms with Gasteiger partial charge in [0.1, 0.15) is 0 Å². The van der Waals surface area contributed by atoms with Crippen molar-refractivity contribution in [1.29, 1.82) is 0 Å². The molecule has 0 atom stereocenters. The summed E-state index contributed by atoms with van der Waals surface area (Å²) in [6.07, 6.45) is 3.83. The van der Waals surface area contributed by atoms with Crippen molar-refractivity contribution in [3.05, 3.63) is 52.3 Å². The maximum atomic E-state index is 12.7. The number of fused-ring (bicyclic) bond motifs is 1. The van der Waals surface area contributed by atoms with E-state index in [0.717, 1.165) is 20.7 Å². The molecular formula is C18H18BrN3O3S. The summed E-state index contributed by atoms with van der Waals surface area (Å²) in [5.74, 6) is 0.996. The van der Waals surface area contributed by atoms with E-state index in [1.54, 1.807) is 14.2 Å². The number of hydrogen-bond acceptors (Lipinski definition) is 5. The number of benzene rings is 1. The fourth-order valence-corrected chi connectivity index (χ4v) is 3.85. The number of methoxy groups -OCH3 is 2. The van der Waals surface area contributed by atoms with Crippen molar-refractivity contribution < 1.29 is 14.3 Å². The van der Waals surface area contributed by atoms with Gasteiger partial charge in [-0.15, -0.1) is 0 Å². The summed E-state index contributed by atoms with van der Waals surface area (Å²) in [6.45, 7) is 0.345. The van der Waals surface area contributed by atoms with Crippen molar-refractivity contribution in [2.24, 2.45) is 0 Å². The third-order valence-corrected chi connectivity index (χ3v) is 5.10. The molecule has 0 fully saturated rings. The molecule has 6 nitrogen and oxygen atoms in total. The van der Waals surface area contributed by atoms with Crippen LogP contribution >= 0.6 is 27.7 Å². The number of thioether (sulfide) groups is 1. The van der Waals surface area contributed by atoms with Crippen molar-refractivity contribution in [2.45, 2.75) is 11.7 Å². The summed E-state index contributed by atoms with van der Waals surface area (Å²) in [5, 5.41) is 3.70. The number of hydrogen-bond donors (Lipinski definition) is 1. The average molecular weight is 436 g/mol. The number of halogens is 1. The van der Waals surface area contributed by atoms with Crippen LogP contribution in [0.1, 0.15) is 16.1 Å². The fourth-order valence-electron chi connectivity index (χ4n) is 2.66. The Labute approximate surface area is 164 Å². The highest BCUT2D eigenvalue weighted by Gasteiger charge is 2.17. The van der Waals surface area contributed by atoms with Crippen LogP contribution in [0.5, 0.6) is 11.5 Å². The highest BCUT2D eigenvalue weighted by atomic mass is 79.9. The number of nitrogens with one attached hydrogen (secondary N) is 1. The molecule has 0 unspecified atom stereocenters. The Morgan fingerprint density at radius 1 is 1.31 bits per heavy atom. The Morgan fingerprint density at radius 3 is 2.81 bits per heavy atom. The molecule has 1 aromatic carbocycles. The Bertz CT molecular complexity index is 958. The third-order valence-electron chi connectivity index (χ3n) is 3.86. The topological polar surface area (TPSA) is 64.9 Å². The number of pyridine rings is 1. The van der Waals surface area contributed by atoms with E-state index >= 15 is 0 Å². The molecule has 0 aliphatic rings. The molecule has 0 aliphatic heterocycles. The molecule has 1 amide bonds. The first kappa shape index (κ1) is 18.6. The SMILES string of the molecule is COc1cc(CNC(=O)c2nc(SC)n3ccccc23)cc(Br)c1OC. The van der Waals surface area contributed by atoms with Gasteiger partial charge < -0.3 is 14.8 Å². The van der Waals surface area contributed by atoms with Gasteiger partial charge in [-0.1, -0.05) is 17.8 Å². The van der Waals surface area contributed by atoms with Crippen LogP contribution in [-0.2, 0) is 6.54 Å². The lowest BCUT2D eigenvalue weighted by Crippen LogP contribution is -2.23. The first-order valence-corrected chi connectivity index (χ1v) is 9.80. The van der Waals surface area contributed by atoms with Crippen LogP contribution in [-0.4, -0.2) is 35.8 Å². The second-order valence-corrected chi connectivity index (χ2v) is 7.03. The standard InChI is InChI=1S/C18H18BrN3O3S/c1-24-14-9-11(8-12(19)16(14)25-2)10-20-17(23)15-13-6-4-5-7-22(13)18(21-15)26-3/h4-9H,10H2,1-3H3,(H,20,23). The van der Waals surface area contributed by atoms with Crippen LogP contribution in [0.3, 0.4) is 0 Å². The van der Waals surface area contributed by atoms with E-state index in [9.17, 15) is 4.79 Å². The Morgan fingerprint density at radius 2 is 2.12 bits per heavy atom. The van der Waals surface area contributed by atoms with Gasteiger partial charge in [0.25, 0.3) is 5.91 Å². The molecule has 0 saturated heterocycles. The van der Waals surface area contributed by atoms with Crippen molar-refractivity contribution in [3.63, 3.8) is 0 Å². The van der Waals surface area contributed by atoms with E-state index in [2.05, 4.69) is 26.2 Å². The number of carbonyl (C=O) groups excluding carboxylic acids is 1. The lowest BCUT2D eigenvalue weighted by molar-refractivity contribution is 0.0947. The molecule has 2 aromatic heterocycles. The minimum Gasteiger partial charge on any atom is -0.493 e. The maximum Gasteiger partial charge on any atom is 0.272 e. The van der Waals surface area contributed by atoms with E-state index in [1.807, 2.05) is 47.2 Å². The molecular weight excluding hydrogens is 418 g/mol. The predicted octanol–water partition coefficient (Wildman–Crippen LogP) is 3.77. The summed E-state index contributed by atoms with van der Waals surface area (Å²) >= 11 is 4.96. The van der Waals surface area contributed by atoms with Crippen molar-refractivity contribution in [1.82, 2.24) is 14.7 Å². The zero-order valence-corrected chi connectivity index (χ0v) is 17.0. The minimum atomic E-state index is -0.222. The van der Waals surface area contributed by atoms with Crippen molar-refractivity contribution in [2.75, 3.05) is 20.5 Å². The van der Waals surface area contributed by atoms with Crippen LogP contribution in [0, 0.1) is 0 Å². The van der Waals surface area contributed by atoms with Crippen LogP contribution in [0.15, 0.2) is 46.2 Å². The monoisotopic (exact) mass is 435 g/mol. The smallest absolute Gasteiger partial charge is 0.272 e. The van der Waals surface area contributed by atoms with Crippen LogP contribution in [0.4, 0.5) is 0 Å². The molecule has 3 rings (SSSR count). The highest BCUT2D eigenvalue weighted by Crippen LogP contribution is 2.36. The largest absolute Gasteiger partial charge is 0.493 e. The second kappa shape index (κ2) is 8.01. The molecule has 0 radical (unpaired) electrons. The number of imidazole rings is 1. The van der Waals surface area contributed by atoms with Gasteiger partial charge in [-0.2, -0.15) is 0 Å². The van der Waals surface area contributed by atoms with Gasteiger partial charge in [0.2, 0.25) is 0 Å². The zero-order chi connectivity index (χ0) is 18.7. The number of rotatable bonds is 6. The average Bonchev–Trinajstić information content (AvgIpc) is 3.04. The molecule has 0 aliphatic carbocycles. The Hall–Kier alpha value is -2.19. The molecule has 3 aromatic rings. The van der Waals surface area contributed by atoms with Gasteiger partial charge in [0.15, 0.2) is 22.3 Å². The van der Waals surface area contributed by atoms with Gasteiger partial charge in [-0.25, -0.2) is 4.98 Å². The summed E-state index contributed by atoms with van der Waals surface area (Å²) in [5.41, 5.74) is 2.08. The number of ether oxygens (including phenoxy) is 2. The van der Waals surface area contributed by atoms with Crippen LogP contribution in [0.2, 0.25) is 0 Å². The fraction of sp³-hybridized carbons (Fsp3) is 0.222. The van der Waals surface area contributed by atoms with Gasteiger partial charge in [0, 0.05) is 12.7 Å². The van der Waals surface area contributed by atoms with Gasteiger partial charge in [0.05, 0.1) is 24.2 Å². The molecule has 0 spiro atoms. The number of amides is 1. The molecule has 0 bridgehead atoms. The normalized spacial score (nSPS) is 10.8. The molecule has 136 valence electrons. The van der Waals surface area contributed by atoms with Crippen LogP contribution < -0.4 is 14.8 Å². The van der Waals surface area contributed by atoms with Crippen molar-refractivity contribution >= 4 is 39.1 Å². The third kappa shape index (κ3) is 3.52. The van der Waals surface area contributed by atoms with Gasteiger partial charge in [-0.3, -0.25) is 9.20 Å². The summed E-state index contributed by atoms with van der Waals surface area (Å²) in [6, 6.07) is 9.41. The molecule has 0 saturated carbocycles. The van der Waals surface area contributed by atoms with Gasteiger partial charge >= 0.3 is 0 Å². The second-order valence-electron chi connectivity index (χ2n) is 5.40. The predicted molar refractivity (Wildman–Crippen MR) is 105 cm³/mol. The maximum absolute atomic E-state index is 12.7. The lowest BCUT2D eigenvalue weighted by atomic mass is 10.2. The zero-order valence-electron chi connectivity index (χ0n) is 14.6. The molecule has 2 heterocycles. The van der Waals surface area contributed by atoms with E-state index in [4.69, 9.17) is 9.47 Å². The minimum absolute atomic E-state index is 0.222. The van der Waals surface area contributed by atoms with Crippen LogP contribution in [0.25, 0.3) is 5.52 Å². The van der Waals surface area contributed by atoms with E-state index in [1.165, 1.54) is 11.8 Å². The van der Waals surface area contributed by atoms with E-state index in [0.29, 0.717) is 23.7 Å². The molecule has 26 heavy (non-hydrogen) atoms. The summed E-state index contributed by atoms with van der Waals surface area (Å²) < 4.78 is 13.3. The number of carbonyl (C=O) groups is 1. The molecule has 8 heteroatoms. The van der Waals surface area contributed by atoms with Gasteiger partial charge in [-0.05, 0) is 52.0 Å². The summed E-state index contributed by atoms with van der Waals surface area (Å²) in [7, 11) is 3.16. The number of nitrogens with zero attached hydrogens (tertiary/aromatic N) is 2. The Balaban J connectivity index is 1.83. The van der Waals surface area contributed by atoms with E-state index in [-0.39, 0.29) is 5.91 Å². The van der Waals surface area contributed by atoms with E-state index < -0.39 is 0 Å². The Kier molecular flexibility index (Phi) is 5.73. The first-order valence-electron chi connectivity index (χ1n) is 7.78. The quantitative estimate of drug-likeness (QED) is 0.597. The van der Waals surface area contributed by atoms with Crippen molar-refractivity contribution in [3.8, 4) is 11.5 Å². The molecule has 1 N–H and O–H groups in total.